The van der Waals surface area contributed by atoms with Gasteiger partial charge in [0.2, 0.25) is 0 Å². The Morgan fingerprint density at radius 3 is 2.32 bits per heavy atom. The molecule has 19 heavy (non-hydrogen) atoms. The zero-order valence-corrected chi connectivity index (χ0v) is 15.6. The zero-order valence-electron chi connectivity index (χ0n) is 9.64. The first-order valence-corrected chi connectivity index (χ1v) is 8.63. The zero-order chi connectivity index (χ0) is 14.0. The van der Waals surface area contributed by atoms with Crippen LogP contribution >= 0.6 is 73.3 Å². The molecule has 0 N–H and O–H groups in total. The van der Waals surface area contributed by atoms with Gasteiger partial charge in [-0.25, -0.2) is 0 Å². The molecule has 0 aliphatic rings. The predicted octanol–water partition coefficient (Wildman–Crippen LogP) is 6.93. The van der Waals surface area contributed by atoms with Gasteiger partial charge in [-0.05, 0) is 64.4 Å². The molecule has 0 fully saturated rings. The van der Waals surface area contributed by atoms with Crippen LogP contribution in [-0.4, -0.2) is 0 Å². The molecule has 0 saturated carbocycles. The van der Waals surface area contributed by atoms with Crippen molar-refractivity contribution in [1.82, 2.24) is 0 Å². The SMILES string of the molecule is Clc1ccc(CC(Br)c2ccc(I)c(Cl)c2)cc1Cl. The molecule has 1 unspecified atom stereocenters. The highest BCUT2D eigenvalue weighted by Gasteiger charge is 2.11. The lowest BCUT2D eigenvalue weighted by Crippen LogP contribution is -1.96. The van der Waals surface area contributed by atoms with E-state index >= 15 is 0 Å². The second kappa shape index (κ2) is 6.99. The maximum absolute atomic E-state index is 6.14. The fourth-order valence-electron chi connectivity index (χ4n) is 1.70. The lowest BCUT2D eigenvalue weighted by atomic mass is 10.0. The lowest BCUT2D eigenvalue weighted by Gasteiger charge is -2.12. The maximum atomic E-state index is 6.14. The van der Waals surface area contributed by atoms with E-state index in [4.69, 9.17) is 34.8 Å². The third-order valence-corrected chi connectivity index (χ3v) is 5.87. The highest BCUT2D eigenvalue weighted by molar-refractivity contribution is 14.1. The molecule has 0 spiro atoms. The van der Waals surface area contributed by atoms with Gasteiger partial charge >= 0.3 is 0 Å². The lowest BCUT2D eigenvalue weighted by molar-refractivity contribution is 0.948. The molecule has 0 saturated heterocycles. The van der Waals surface area contributed by atoms with Crippen LogP contribution in [0, 0.1) is 3.57 Å². The van der Waals surface area contributed by atoms with Gasteiger partial charge in [0.25, 0.3) is 0 Å². The Labute approximate surface area is 149 Å². The summed E-state index contributed by atoms with van der Waals surface area (Å²) < 4.78 is 1.05. The molecule has 0 nitrogen and oxygen atoms in total. The summed E-state index contributed by atoms with van der Waals surface area (Å²) in [6.45, 7) is 0. The summed E-state index contributed by atoms with van der Waals surface area (Å²) in [5.74, 6) is 0. The summed E-state index contributed by atoms with van der Waals surface area (Å²) in [6, 6.07) is 11.8. The summed E-state index contributed by atoms with van der Waals surface area (Å²) in [5, 5.41) is 1.94. The Kier molecular flexibility index (Phi) is 5.85. The highest BCUT2D eigenvalue weighted by atomic mass is 127. The normalized spacial score (nSPS) is 12.5. The molecule has 100 valence electrons. The second-order valence-corrected chi connectivity index (χ2v) is 7.58. The molecular formula is C14H9BrCl3I. The van der Waals surface area contributed by atoms with Crippen molar-refractivity contribution < 1.29 is 0 Å². The van der Waals surface area contributed by atoms with Gasteiger partial charge in [-0.2, -0.15) is 0 Å². The summed E-state index contributed by atoms with van der Waals surface area (Å²) in [5.41, 5.74) is 2.28. The first-order chi connectivity index (χ1) is 8.97. The van der Waals surface area contributed by atoms with Gasteiger partial charge in [0.1, 0.15) is 0 Å². The van der Waals surface area contributed by atoms with E-state index in [1.165, 1.54) is 0 Å². The molecule has 0 radical (unpaired) electrons. The van der Waals surface area contributed by atoms with Crippen LogP contribution in [0.5, 0.6) is 0 Å². The molecular weight excluding hydrogens is 481 g/mol. The number of rotatable bonds is 3. The number of hydrogen-bond acceptors (Lipinski definition) is 0. The van der Waals surface area contributed by atoms with E-state index in [2.05, 4.69) is 44.6 Å². The van der Waals surface area contributed by atoms with Gasteiger partial charge in [-0.1, -0.05) is 62.9 Å². The minimum Gasteiger partial charge on any atom is -0.0835 e. The number of halogens is 5. The van der Waals surface area contributed by atoms with Crippen LogP contribution in [-0.2, 0) is 6.42 Å². The van der Waals surface area contributed by atoms with Gasteiger partial charge in [0.05, 0.1) is 15.1 Å². The molecule has 2 aromatic rings. The molecule has 0 heterocycles. The Bertz CT molecular complexity index is 601. The van der Waals surface area contributed by atoms with Crippen LogP contribution in [0.2, 0.25) is 15.1 Å². The van der Waals surface area contributed by atoms with Crippen molar-refractivity contribution in [2.75, 3.05) is 0 Å². The van der Waals surface area contributed by atoms with E-state index in [0.717, 1.165) is 26.1 Å². The third kappa shape index (κ3) is 4.24. The van der Waals surface area contributed by atoms with Crippen molar-refractivity contribution >= 4 is 73.3 Å². The Morgan fingerprint density at radius 2 is 1.68 bits per heavy atom. The van der Waals surface area contributed by atoms with Crippen LogP contribution in [0.25, 0.3) is 0 Å². The van der Waals surface area contributed by atoms with Crippen LogP contribution in [0.15, 0.2) is 36.4 Å². The summed E-state index contributed by atoms with van der Waals surface area (Å²) in [6.07, 6.45) is 0.827. The average Bonchev–Trinajstić information content (AvgIpc) is 2.37. The van der Waals surface area contributed by atoms with Gasteiger partial charge in [-0.15, -0.1) is 0 Å². The first-order valence-electron chi connectivity index (χ1n) is 5.50. The molecule has 1 atom stereocenters. The van der Waals surface area contributed by atoms with Crippen LogP contribution in [0.3, 0.4) is 0 Å². The van der Waals surface area contributed by atoms with E-state index in [-0.39, 0.29) is 4.83 Å². The van der Waals surface area contributed by atoms with Crippen molar-refractivity contribution in [1.29, 1.82) is 0 Å². The fourth-order valence-corrected chi connectivity index (χ4v) is 3.20. The Hall–Kier alpha value is 0.520. The summed E-state index contributed by atoms with van der Waals surface area (Å²) >= 11 is 24.0. The molecule has 0 aromatic heterocycles. The third-order valence-electron chi connectivity index (χ3n) is 2.70. The molecule has 0 aliphatic heterocycles. The van der Waals surface area contributed by atoms with E-state index < -0.39 is 0 Å². The minimum atomic E-state index is 0.194. The molecule has 2 aromatic carbocycles. The van der Waals surface area contributed by atoms with Gasteiger partial charge < -0.3 is 0 Å². The average molecular weight is 490 g/mol. The van der Waals surface area contributed by atoms with Gasteiger partial charge in [-0.3, -0.25) is 0 Å². The Balaban J connectivity index is 2.17. The van der Waals surface area contributed by atoms with Gasteiger partial charge in [0.15, 0.2) is 0 Å². The molecule has 0 amide bonds. The molecule has 5 heteroatoms. The van der Waals surface area contributed by atoms with E-state index in [1.807, 2.05) is 30.3 Å². The van der Waals surface area contributed by atoms with Crippen molar-refractivity contribution in [2.45, 2.75) is 11.2 Å². The van der Waals surface area contributed by atoms with Crippen molar-refractivity contribution in [3.05, 3.63) is 66.2 Å². The quantitative estimate of drug-likeness (QED) is 0.323. The van der Waals surface area contributed by atoms with Crippen LogP contribution in [0.4, 0.5) is 0 Å². The minimum absolute atomic E-state index is 0.194. The van der Waals surface area contributed by atoms with E-state index in [1.54, 1.807) is 0 Å². The summed E-state index contributed by atoms with van der Waals surface area (Å²) in [4.78, 5) is 0.194. The highest BCUT2D eigenvalue weighted by Crippen LogP contribution is 2.32. The number of hydrogen-bond donors (Lipinski definition) is 0. The Morgan fingerprint density at radius 1 is 0.947 bits per heavy atom. The predicted molar refractivity (Wildman–Crippen MR) is 96.0 cm³/mol. The number of alkyl halides is 1. The summed E-state index contributed by atoms with van der Waals surface area (Å²) in [7, 11) is 0. The standard InChI is InChI=1S/C14H9BrCl3I/c15-10(9-2-4-14(19)13(18)7-9)5-8-1-3-11(16)12(17)6-8/h1-4,6-7,10H,5H2. The molecule has 2 rings (SSSR count). The maximum Gasteiger partial charge on any atom is 0.0595 e. The number of benzene rings is 2. The largest absolute Gasteiger partial charge is 0.0835 e. The van der Waals surface area contributed by atoms with Gasteiger partial charge in [0, 0.05) is 8.40 Å². The van der Waals surface area contributed by atoms with E-state index in [9.17, 15) is 0 Å². The van der Waals surface area contributed by atoms with Crippen molar-refractivity contribution in [3.63, 3.8) is 0 Å². The van der Waals surface area contributed by atoms with E-state index in [0.29, 0.717) is 10.0 Å². The second-order valence-electron chi connectivity index (χ2n) is 4.09. The fraction of sp³-hybridized carbons (Fsp3) is 0.143. The van der Waals surface area contributed by atoms with Crippen molar-refractivity contribution in [2.24, 2.45) is 0 Å². The van der Waals surface area contributed by atoms with Crippen LogP contribution in [0.1, 0.15) is 16.0 Å². The first kappa shape index (κ1) is 15.9. The van der Waals surface area contributed by atoms with Crippen LogP contribution < -0.4 is 0 Å². The molecule has 0 aliphatic carbocycles. The van der Waals surface area contributed by atoms with Crippen molar-refractivity contribution in [3.8, 4) is 0 Å². The molecule has 0 bridgehead atoms. The smallest absolute Gasteiger partial charge is 0.0595 e. The topological polar surface area (TPSA) is 0 Å². The monoisotopic (exact) mass is 488 g/mol.